The molecule has 2 aliphatic carbocycles. The van der Waals surface area contributed by atoms with Crippen LogP contribution in [0.1, 0.15) is 117 Å². The number of hydrogen-bond donors (Lipinski definition) is 1. The molecule has 2 saturated carbocycles. The van der Waals surface area contributed by atoms with E-state index < -0.39 is 29.8 Å². The van der Waals surface area contributed by atoms with Gasteiger partial charge in [0.25, 0.3) is 13.9 Å². The van der Waals surface area contributed by atoms with E-state index in [-0.39, 0.29) is 44.4 Å². The van der Waals surface area contributed by atoms with E-state index in [0.717, 1.165) is 74.6 Å². The molecule has 0 saturated heterocycles. The number of carbonyl (C=O) groups excluding carboxylic acids is 1. The average molecular weight is 928 g/mol. The lowest BCUT2D eigenvalue weighted by atomic mass is 9.83. The van der Waals surface area contributed by atoms with Gasteiger partial charge >= 0.3 is 6.09 Å². The van der Waals surface area contributed by atoms with Crippen molar-refractivity contribution in [2.75, 3.05) is 17.3 Å². The fourth-order valence-electron chi connectivity index (χ4n) is 9.61. The Morgan fingerprint density at radius 3 is 2.12 bits per heavy atom. The summed E-state index contributed by atoms with van der Waals surface area (Å²) in [6, 6.07) is 26.5. The first kappa shape index (κ1) is 47.6. The fraction of sp³-hybridized carbons (Fsp3) is 0.480. The van der Waals surface area contributed by atoms with Gasteiger partial charge in [0.15, 0.2) is 9.84 Å². The highest BCUT2D eigenvalue weighted by atomic mass is 35.5. The summed E-state index contributed by atoms with van der Waals surface area (Å²) in [5.74, 6) is 0.452. The van der Waals surface area contributed by atoms with Crippen LogP contribution in [0.3, 0.4) is 0 Å². The molecule has 0 unspecified atom stereocenters. The van der Waals surface area contributed by atoms with Crippen molar-refractivity contribution in [3.05, 3.63) is 112 Å². The summed E-state index contributed by atoms with van der Waals surface area (Å²) in [6.45, 7) is 11.8. The Kier molecular flexibility index (Phi) is 14.6. The first-order valence-corrected chi connectivity index (χ1v) is 26.7. The minimum absolute atomic E-state index is 0.0103. The van der Waals surface area contributed by atoms with Gasteiger partial charge in [-0.25, -0.2) is 23.1 Å². The number of carbonyl (C=O) groups is 1. The van der Waals surface area contributed by atoms with Crippen LogP contribution in [-0.4, -0.2) is 66.2 Å². The second-order valence-corrected chi connectivity index (χ2v) is 25.8. The second kappa shape index (κ2) is 19.6. The highest BCUT2D eigenvalue weighted by Gasteiger charge is 2.49. The number of rotatable bonds is 15. The molecule has 2 fully saturated rings. The van der Waals surface area contributed by atoms with Gasteiger partial charge in [-0.2, -0.15) is 4.98 Å². The number of sulfone groups is 1. The Bertz CT molecular complexity index is 2550. The molecule has 2 aliphatic rings. The molecular formula is C50H63ClN4O7SSi. The van der Waals surface area contributed by atoms with Gasteiger partial charge in [-0.1, -0.05) is 105 Å². The first-order valence-electron chi connectivity index (χ1n) is 22.8. The van der Waals surface area contributed by atoms with Crippen molar-refractivity contribution in [2.45, 2.75) is 140 Å². The quantitative estimate of drug-likeness (QED) is 0.0803. The Morgan fingerprint density at radius 1 is 0.906 bits per heavy atom. The number of benzene rings is 3. The third-order valence-electron chi connectivity index (χ3n) is 13.2. The van der Waals surface area contributed by atoms with E-state index in [2.05, 4.69) is 43.1 Å². The summed E-state index contributed by atoms with van der Waals surface area (Å²) in [4.78, 5) is 50.5. The van der Waals surface area contributed by atoms with Gasteiger partial charge in [0.1, 0.15) is 16.3 Å². The highest BCUT2D eigenvalue weighted by molar-refractivity contribution is 7.91. The third kappa shape index (κ3) is 10.5. The Hall–Kier alpha value is -4.40. The summed E-state index contributed by atoms with van der Waals surface area (Å²) < 4.78 is 41.0. The van der Waals surface area contributed by atoms with Crippen molar-refractivity contribution < 1.29 is 27.5 Å². The van der Waals surface area contributed by atoms with Crippen LogP contribution in [0.2, 0.25) is 10.1 Å². The van der Waals surface area contributed by atoms with E-state index in [0.29, 0.717) is 41.2 Å². The van der Waals surface area contributed by atoms with Gasteiger partial charge in [0, 0.05) is 24.2 Å². The number of halogens is 1. The molecule has 0 aliphatic heterocycles. The zero-order valence-corrected chi connectivity index (χ0v) is 40.6. The molecule has 1 N–H and O–H groups in total. The smallest absolute Gasteiger partial charge is 0.421 e. The number of nitrogens with zero attached hydrogens (tertiary/aromatic N) is 4. The van der Waals surface area contributed by atoms with Gasteiger partial charge in [-0.3, -0.25) is 9.36 Å². The number of amides is 1. The van der Waals surface area contributed by atoms with Crippen molar-refractivity contribution in [3.63, 3.8) is 0 Å². The van der Waals surface area contributed by atoms with Gasteiger partial charge in [-0.15, -0.1) is 0 Å². The zero-order chi connectivity index (χ0) is 45.9. The molecule has 0 radical (unpaired) electrons. The van der Waals surface area contributed by atoms with Crippen LogP contribution < -0.4 is 20.8 Å². The number of aromatic nitrogens is 3. The largest absolute Gasteiger partial charge is 0.443 e. The van der Waals surface area contributed by atoms with Crippen LogP contribution in [0.15, 0.2) is 101 Å². The number of hydrogen-bond acceptors (Lipinski definition) is 9. The average Bonchev–Trinajstić information content (AvgIpc) is 3.80. The standard InChI is InChI=1S/C50H63ClN4O7SSi/c1-35-32-40(26-27-44(35)55(48(57)62-49(2,3)4)47-52-34-37-33-43(51)46(56)54(45(37)53-47)38-16-13-14-17-38)63(58,59)31-15-30-61-39-24-22-36(23-25-39)28-29-50(5,6)64(60,41-18-9-7-10-19-41)42-20-11-8-12-21-42/h7-12,18-21,26-27,32-34,36,38-39,60H,13-17,22-25,28-31H2,1-6H3. The molecule has 2 heterocycles. The summed E-state index contributed by atoms with van der Waals surface area (Å²) in [5.41, 5.74) is 0.0171. The topological polar surface area (TPSA) is 141 Å². The number of anilines is 2. The van der Waals surface area contributed by atoms with E-state index in [4.69, 9.17) is 26.1 Å². The van der Waals surface area contributed by atoms with E-state index in [1.54, 1.807) is 50.5 Å². The van der Waals surface area contributed by atoms with Crippen molar-refractivity contribution in [1.82, 2.24) is 14.5 Å². The molecule has 11 nitrogen and oxygen atoms in total. The number of pyridine rings is 1. The molecule has 64 heavy (non-hydrogen) atoms. The maximum Gasteiger partial charge on any atom is 0.421 e. The molecule has 1 amide bonds. The van der Waals surface area contributed by atoms with E-state index in [1.807, 2.05) is 36.4 Å². The normalized spacial score (nSPS) is 17.8. The fourth-order valence-corrected chi connectivity index (χ4v) is 14.9. The molecule has 5 aromatic rings. The molecule has 342 valence electrons. The SMILES string of the molecule is Cc1cc(S(=O)(=O)CCCOC2CCC(CCC(C)(C)[Si](O)(c3ccccc3)c3ccccc3)CC2)ccc1N(C(=O)OC(C)(C)C)c1ncc2cc(Cl)c(=O)n(C3CCCC3)c2n1. The lowest BCUT2D eigenvalue weighted by Gasteiger charge is -2.42. The summed E-state index contributed by atoms with van der Waals surface area (Å²) >= 11 is 6.37. The van der Waals surface area contributed by atoms with Crippen molar-refractivity contribution in [2.24, 2.45) is 5.92 Å². The molecule has 2 aromatic heterocycles. The van der Waals surface area contributed by atoms with Crippen molar-refractivity contribution in [1.29, 1.82) is 0 Å². The van der Waals surface area contributed by atoms with Gasteiger partial charge in [-0.05, 0) is 130 Å². The predicted octanol–water partition coefficient (Wildman–Crippen LogP) is 9.99. The van der Waals surface area contributed by atoms with Crippen LogP contribution in [0.25, 0.3) is 11.0 Å². The monoisotopic (exact) mass is 926 g/mol. The molecular weight excluding hydrogens is 864 g/mol. The second-order valence-electron chi connectivity index (χ2n) is 19.4. The van der Waals surface area contributed by atoms with Crippen molar-refractivity contribution >= 4 is 68.9 Å². The van der Waals surface area contributed by atoms with E-state index in [9.17, 15) is 22.8 Å². The molecule has 14 heteroatoms. The maximum atomic E-state index is 13.9. The highest BCUT2D eigenvalue weighted by Crippen LogP contribution is 2.43. The molecule has 0 atom stereocenters. The Labute approximate surface area is 384 Å². The molecule has 0 spiro atoms. The lowest BCUT2D eigenvalue weighted by molar-refractivity contribution is 0.0174. The maximum absolute atomic E-state index is 13.9. The molecule has 0 bridgehead atoms. The van der Waals surface area contributed by atoms with Crippen LogP contribution in [0.5, 0.6) is 0 Å². The Balaban J connectivity index is 0.970. The van der Waals surface area contributed by atoms with Gasteiger partial charge < -0.3 is 14.3 Å². The van der Waals surface area contributed by atoms with Crippen LogP contribution >= 0.6 is 11.6 Å². The number of ether oxygens (including phenoxy) is 2. The van der Waals surface area contributed by atoms with Gasteiger partial charge in [0.2, 0.25) is 5.95 Å². The third-order valence-corrected chi connectivity index (χ3v) is 19.8. The zero-order valence-electron chi connectivity index (χ0n) is 38.1. The minimum atomic E-state index is -3.69. The minimum Gasteiger partial charge on any atom is -0.443 e. The van der Waals surface area contributed by atoms with Gasteiger partial charge in [0.05, 0.1) is 22.4 Å². The predicted molar refractivity (Wildman–Crippen MR) is 258 cm³/mol. The van der Waals surface area contributed by atoms with Crippen LogP contribution in [0, 0.1) is 12.8 Å². The molecule has 7 rings (SSSR count). The van der Waals surface area contributed by atoms with Crippen molar-refractivity contribution in [3.8, 4) is 0 Å². The first-order chi connectivity index (χ1) is 30.4. The van der Waals surface area contributed by atoms with Crippen LogP contribution in [0.4, 0.5) is 16.4 Å². The summed E-state index contributed by atoms with van der Waals surface area (Å²) in [6.07, 6.45) is 10.7. The van der Waals surface area contributed by atoms with E-state index in [1.165, 1.54) is 17.2 Å². The Morgan fingerprint density at radius 2 is 1.53 bits per heavy atom. The summed E-state index contributed by atoms with van der Waals surface area (Å²) in [5, 5.41) is 2.43. The number of fused-ring (bicyclic) bond motifs is 1. The lowest BCUT2D eigenvalue weighted by Crippen LogP contribution is -2.65. The van der Waals surface area contributed by atoms with Crippen LogP contribution in [-0.2, 0) is 19.3 Å². The number of aryl methyl sites for hydroxylation is 1. The molecule has 3 aromatic carbocycles. The summed E-state index contributed by atoms with van der Waals surface area (Å²) in [7, 11) is -6.75. The van der Waals surface area contributed by atoms with E-state index >= 15 is 0 Å².